The summed E-state index contributed by atoms with van der Waals surface area (Å²) in [7, 11) is 0. The molecule has 0 aliphatic rings. The smallest absolute Gasteiger partial charge is 0.168 e. The highest BCUT2D eigenvalue weighted by atomic mass is 35.5. The summed E-state index contributed by atoms with van der Waals surface area (Å²) in [6.07, 6.45) is 0.798. The molecule has 0 fully saturated rings. The average Bonchev–Trinajstić information content (AvgIpc) is 2.81. The van der Waals surface area contributed by atoms with Crippen LogP contribution in [0.2, 0.25) is 5.15 Å². The molecule has 3 rings (SSSR count). The lowest BCUT2D eigenvalue weighted by Crippen LogP contribution is -1.97. The Morgan fingerprint density at radius 3 is 2.38 bits per heavy atom. The van der Waals surface area contributed by atoms with E-state index in [0.717, 1.165) is 11.3 Å². The normalized spacial score (nSPS) is 11.3. The molecule has 0 saturated carbocycles. The van der Waals surface area contributed by atoms with Gasteiger partial charge in [-0.25, -0.2) is 23.1 Å². The molecule has 3 aromatic rings. The van der Waals surface area contributed by atoms with Gasteiger partial charge in [0.15, 0.2) is 5.82 Å². The van der Waals surface area contributed by atoms with Crippen molar-refractivity contribution in [3.8, 4) is 11.4 Å². The fraction of sp³-hybridized carbons (Fsp3) is 0.143. The number of nitrogens with zero attached hydrogens (tertiary/aromatic N) is 2. The van der Waals surface area contributed by atoms with E-state index in [-0.39, 0.29) is 11.0 Å². The van der Waals surface area contributed by atoms with Crippen molar-refractivity contribution in [3.05, 3.63) is 45.7 Å². The predicted molar refractivity (Wildman–Crippen MR) is 77.1 cm³/mol. The molecular formula is C14H8ClF3N2S. The molecular weight excluding hydrogens is 321 g/mol. The van der Waals surface area contributed by atoms with Gasteiger partial charge < -0.3 is 0 Å². The summed E-state index contributed by atoms with van der Waals surface area (Å²) in [5.41, 5.74) is -0.480. The fourth-order valence-electron chi connectivity index (χ4n) is 1.98. The van der Waals surface area contributed by atoms with Gasteiger partial charge in [0, 0.05) is 22.4 Å². The molecule has 0 radical (unpaired) electrons. The van der Waals surface area contributed by atoms with Crippen LogP contribution in [0.4, 0.5) is 13.2 Å². The Morgan fingerprint density at radius 2 is 1.76 bits per heavy atom. The highest BCUT2D eigenvalue weighted by Crippen LogP contribution is 2.33. The summed E-state index contributed by atoms with van der Waals surface area (Å²) < 4.78 is 40.6. The van der Waals surface area contributed by atoms with Gasteiger partial charge in [0.2, 0.25) is 0 Å². The molecule has 1 aromatic carbocycles. The van der Waals surface area contributed by atoms with Crippen molar-refractivity contribution in [2.45, 2.75) is 13.3 Å². The van der Waals surface area contributed by atoms with E-state index in [2.05, 4.69) is 9.97 Å². The molecule has 21 heavy (non-hydrogen) atoms. The van der Waals surface area contributed by atoms with Crippen LogP contribution in [0.5, 0.6) is 0 Å². The Labute approximate surface area is 127 Å². The molecule has 0 atom stereocenters. The second kappa shape index (κ2) is 5.27. The van der Waals surface area contributed by atoms with Gasteiger partial charge in [-0.3, -0.25) is 0 Å². The monoisotopic (exact) mass is 328 g/mol. The average molecular weight is 329 g/mol. The van der Waals surface area contributed by atoms with Crippen molar-refractivity contribution in [1.82, 2.24) is 9.97 Å². The van der Waals surface area contributed by atoms with E-state index in [1.54, 1.807) is 0 Å². The van der Waals surface area contributed by atoms with Crippen molar-refractivity contribution < 1.29 is 13.2 Å². The molecule has 0 amide bonds. The van der Waals surface area contributed by atoms with Gasteiger partial charge in [-0.05, 0) is 12.5 Å². The predicted octanol–water partition coefficient (Wildman–Crippen LogP) is 4.99. The maximum Gasteiger partial charge on any atom is 0.168 e. The Kier molecular flexibility index (Phi) is 3.59. The molecule has 2 aromatic heterocycles. The Morgan fingerprint density at radius 1 is 1.10 bits per heavy atom. The summed E-state index contributed by atoms with van der Waals surface area (Å²) >= 11 is 7.44. The van der Waals surface area contributed by atoms with Gasteiger partial charge >= 0.3 is 0 Å². The number of aryl methyl sites for hydroxylation is 1. The van der Waals surface area contributed by atoms with Crippen molar-refractivity contribution in [1.29, 1.82) is 0 Å². The number of aromatic nitrogens is 2. The Bertz CT molecular complexity index is 825. The molecule has 0 aliphatic carbocycles. The van der Waals surface area contributed by atoms with Crippen LogP contribution in [-0.4, -0.2) is 9.97 Å². The number of fused-ring (bicyclic) bond motifs is 1. The maximum absolute atomic E-state index is 13.8. The lowest BCUT2D eigenvalue weighted by Gasteiger charge is -2.05. The largest absolute Gasteiger partial charge is 0.217 e. The number of halogens is 4. The summed E-state index contributed by atoms with van der Waals surface area (Å²) in [6, 6.07) is 3.03. The van der Waals surface area contributed by atoms with Crippen LogP contribution in [0, 0.1) is 17.5 Å². The highest BCUT2D eigenvalue weighted by Gasteiger charge is 2.19. The van der Waals surface area contributed by atoms with Crippen molar-refractivity contribution in [3.63, 3.8) is 0 Å². The summed E-state index contributed by atoms with van der Waals surface area (Å²) in [4.78, 5) is 9.66. The zero-order chi connectivity index (χ0) is 15.1. The number of benzene rings is 1. The van der Waals surface area contributed by atoms with Crippen molar-refractivity contribution in [2.75, 3.05) is 0 Å². The summed E-state index contributed by atoms with van der Waals surface area (Å²) in [6.45, 7) is 1.98. The first-order valence-electron chi connectivity index (χ1n) is 6.10. The molecule has 2 nitrogen and oxygen atoms in total. The molecule has 0 spiro atoms. The Balaban J connectivity index is 2.26. The van der Waals surface area contributed by atoms with Gasteiger partial charge in [-0.15, -0.1) is 11.3 Å². The quantitative estimate of drug-likeness (QED) is 0.619. The van der Waals surface area contributed by atoms with Crippen LogP contribution in [0.3, 0.4) is 0 Å². The van der Waals surface area contributed by atoms with Gasteiger partial charge in [0.05, 0.1) is 5.56 Å². The second-order valence-electron chi connectivity index (χ2n) is 4.37. The van der Waals surface area contributed by atoms with Gasteiger partial charge in [0.1, 0.15) is 27.4 Å². The Hall–Kier alpha value is -1.66. The molecule has 2 heterocycles. The number of thiophene rings is 1. The molecule has 7 heteroatoms. The first-order valence-corrected chi connectivity index (χ1v) is 7.30. The fourth-order valence-corrected chi connectivity index (χ4v) is 3.23. The van der Waals surface area contributed by atoms with Crippen LogP contribution in [0.1, 0.15) is 11.8 Å². The first-order chi connectivity index (χ1) is 9.99. The molecule has 108 valence electrons. The third kappa shape index (κ3) is 2.49. The maximum atomic E-state index is 13.8. The minimum Gasteiger partial charge on any atom is -0.217 e. The van der Waals surface area contributed by atoms with E-state index < -0.39 is 23.0 Å². The third-order valence-electron chi connectivity index (χ3n) is 2.98. The third-order valence-corrected chi connectivity index (χ3v) is 4.44. The van der Waals surface area contributed by atoms with Crippen molar-refractivity contribution >= 4 is 33.2 Å². The van der Waals surface area contributed by atoms with E-state index in [4.69, 9.17) is 11.6 Å². The van der Waals surface area contributed by atoms with E-state index in [1.165, 1.54) is 11.3 Å². The molecule has 0 bridgehead atoms. The number of hydrogen-bond acceptors (Lipinski definition) is 3. The van der Waals surface area contributed by atoms with Crippen LogP contribution in [-0.2, 0) is 6.42 Å². The van der Waals surface area contributed by atoms with E-state index >= 15 is 0 Å². The van der Waals surface area contributed by atoms with Crippen molar-refractivity contribution in [2.24, 2.45) is 0 Å². The lowest BCUT2D eigenvalue weighted by molar-refractivity contribution is 0.547. The molecule has 0 N–H and O–H groups in total. The van der Waals surface area contributed by atoms with E-state index in [9.17, 15) is 13.2 Å². The molecule has 0 unspecified atom stereocenters. The minimum absolute atomic E-state index is 0.120. The summed E-state index contributed by atoms with van der Waals surface area (Å²) in [5, 5.41) is 0.763. The van der Waals surface area contributed by atoms with Crippen LogP contribution in [0.25, 0.3) is 21.6 Å². The lowest BCUT2D eigenvalue weighted by atomic mass is 10.1. The standard InChI is InChI=1S/C14H8ClF3N2S/c1-2-7-5-8-12(15)19-13(20-14(8)21-7)11-9(17)3-6(16)4-10(11)18/h3-5H,2H2,1H3. The zero-order valence-electron chi connectivity index (χ0n) is 10.8. The highest BCUT2D eigenvalue weighted by molar-refractivity contribution is 7.18. The van der Waals surface area contributed by atoms with E-state index in [1.807, 2.05) is 13.0 Å². The first kappa shape index (κ1) is 14.3. The van der Waals surface area contributed by atoms with Crippen LogP contribution < -0.4 is 0 Å². The van der Waals surface area contributed by atoms with Gasteiger partial charge in [0.25, 0.3) is 0 Å². The van der Waals surface area contributed by atoms with Gasteiger partial charge in [-0.1, -0.05) is 18.5 Å². The van der Waals surface area contributed by atoms with E-state index in [0.29, 0.717) is 22.3 Å². The van der Waals surface area contributed by atoms with Crippen LogP contribution >= 0.6 is 22.9 Å². The minimum atomic E-state index is -1.06. The topological polar surface area (TPSA) is 25.8 Å². The second-order valence-corrected chi connectivity index (χ2v) is 5.84. The molecule has 0 saturated heterocycles. The summed E-state index contributed by atoms with van der Waals surface area (Å²) in [5.74, 6) is -3.30. The number of rotatable bonds is 2. The number of hydrogen-bond donors (Lipinski definition) is 0. The van der Waals surface area contributed by atoms with Gasteiger partial charge in [-0.2, -0.15) is 0 Å². The SMILES string of the molecule is CCc1cc2c(Cl)nc(-c3c(F)cc(F)cc3F)nc2s1. The zero-order valence-corrected chi connectivity index (χ0v) is 12.3. The molecule has 0 aliphatic heterocycles. The van der Waals surface area contributed by atoms with Crippen LogP contribution in [0.15, 0.2) is 18.2 Å².